The molecule has 1 atom stereocenters. The van der Waals surface area contributed by atoms with Gasteiger partial charge in [0, 0.05) is 23.8 Å². The highest BCUT2D eigenvalue weighted by Crippen LogP contribution is 2.25. The van der Waals surface area contributed by atoms with Gasteiger partial charge < -0.3 is 10.0 Å². The first kappa shape index (κ1) is 13.3. The van der Waals surface area contributed by atoms with Crippen molar-refractivity contribution in [3.8, 4) is 0 Å². The summed E-state index contributed by atoms with van der Waals surface area (Å²) in [5, 5.41) is 9.26. The average Bonchev–Trinajstić information content (AvgIpc) is 2.54. The van der Waals surface area contributed by atoms with Crippen molar-refractivity contribution in [2.24, 2.45) is 5.92 Å². The van der Waals surface area contributed by atoms with E-state index >= 15 is 0 Å². The zero-order valence-electron chi connectivity index (χ0n) is 10.4. The second kappa shape index (κ2) is 5.69. The Morgan fingerprint density at radius 2 is 2.28 bits per heavy atom. The molecule has 18 heavy (non-hydrogen) atoms. The Balaban J connectivity index is 2.29. The van der Waals surface area contributed by atoms with Crippen molar-refractivity contribution >= 4 is 27.7 Å². The Kier molecular flexibility index (Phi) is 4.22. The van der Waals surface area contributed by atoms with Crippen molar-refractivity contribution < 1.29 is 9.90 Å². The number of carboxylic acid groups (broad SMARTS) is 1. The van der Waals surface area contributed by atoms with Gasteiger partial charge in [0.2, 0.25) is 0 Å². The third kappa shape index (κ3) is 3.02. The molecule has 98 valence electrons. The van der Waals surface area contributed by atoms with Crippen molar-refractivity contribution in [3.63, 3.8) is 0 Å². The van der Waals surface area contributed by atoms with Crippen molar-refractivity contribution in [1.82, 2.24) is 4.98 Å². The van der Waals surface area contributed by atoms with E-state index in [1.807, 2.05) is 0 Å². The molecule has 1 fully saturated rings. The van der Waals surface area contributed by atoms with E-state index in [0.717, 1.165) is 25.9 Å². The van der Waals surface area contributed by atoms with E-state index in [1.165, 1.54) is 6.42 Å². The van der Waals surface area contributed by atoms with Gasteiger partial charge in [0.25, 0.3) is 0 Å². The second-order valence-electron chi connectivity index (χ2n) is 4.85. The number of rotatable bonds is 2. The quantitative estimate of drug-likeness (QED) is 0.911. The molecule has 5 heteroatoms. The smallest absolute Gasteiger partial charge is 0.339 e. The van der Waals surface area contributed by atoms with Gasteiger partial charge in [0.05, 0.1) is 0 Å². The normalized spacial score (nSPS) is 20.6. The van der Waals surface area contributed by atoms with Crippen LogP contribution in [0.1, 0.15) is 36.5 Å². The van der Waals surface area contributed by atoms with Crippen molar-refractivity contribution in [2.45, 2.75) is 26.2 Å². The van der Waals surface area contributed by atoms with E-state index in [4.69, 9.17) is 0 Å². The number of nitrogens with zero attached hydrogens (tertiary/aromatic N) is 2. The maximum absolute atomic E-state index is 11.3. The maximum Gasteiger partial charge on any atom is 0.339 e. The molecule has 1 aliphatic heterocycles. The summed E-state index contributed by atoms with van der Waals surface area (Å²) >= 11 is 3.27. The Morgan fingerprint density at radius 1 is 1.50 bits per heavy atom. The first-order valence-corrected chi connectivity index (χ1v) is 7.01. The zero-order valence-corrected chi connectivity index (χ0v) is 12.0. The number of anilines is 1. The molecule has 0 bridgehead atoms. The van der Waals surface area contributed by atoms with Gasteiger partial charge >= 0.3 is 5.97 Å². The molecular formula is C13H17BrN2O2. The molecule has 2 heterocycles. The Hall–Kier alpha value is -1.10. The fourth-order valence-corrected chi connectivity index (χ4v) is 2.65. The number of carbonyl (C=O) groups is 1. The standard InChI is InChI=1S/C13H17BrN2O2/c1-9-3-2-5-16(6-4-9)12-11(13(17)18)7-10(14)8-15-12/h7-9H,2-6H2,1H3,(H,17,18). The lowest BCUT2D eigenvalue weighted by Gasteiger charge is -2.23. The molecule has 0 aromatic carbocycles. The van der Waals surface area contributed by atoms with Crippen LogP contribution in [-0.4, -0.2) is 29.1 Å². The maximum atomic E-state index is 11.3. The summed E-state index contributed by atoms with van der Waals surface area (Å²) in [6, 6.07) is 1.62. The molecular weight excluding hydrogens is 296 g/mol. The second-order valence-corrected chi connectivity index (χ2v) is 5.77. The summed E-state index contributed by atoms with van der Waals surface area (Å²) in [4.78, 5) is 17.7. The lowest BCUT2D eigenvalue weighted by Crippen LogP contribution is -2.27. The van der Waals surface area contributed by atoms with E-state index < -0.39 is 5.97 Å². The predicted molar refractivity (Wildman–Crippen MR) is 74.1 cm³/mol. The Labute approximate surface area is 115 Å². The van der Waals surface area contributed by atoms with Crippen LogP contribution in [0.2, 0.25) is 0 Å². The zero-order chi connectivity index (χ0) is 13.1. The molecule has 0 radical (unpaired) electrons. The molecule has 4 nitrogen and oxygen atoms in total. The summed E-state index contributed by atoms with van der Waals surface area (Å²) in [6.07, 6.45) is 5.06. The number of carboxylic acids is 1. The molecule has 1 aromatic heterocycles. The summed E-state index contributed by atoms with van der Waals surface area (Å²) in [6.45, 7) is 4.02. The minimum absolute atomic E-state index is 0.277. The van der Waals surface area contributed by atoms with Gasteiger partial charge in [-0.2, -0.15) is 0 Å². The van der Waals surface area contributed by atoms with E-state index in [2.05, 4.69) is 32.7 Å². The lowest BCUT2D eigenvalue weighted by molar-refractivity contribution is 0.0697. The number of hydrogen-bond acceptors (Lipinski definition) is 3. The van der Waals surface area contributed by atoms with Crippen molar-refractivity contribution in [2.75, 3.05) is 18.0 Å². The van der Waals surface area contributed by atoms with E-state index in [0.29, 0.717) is 16.2 Å². The molecule has 1 unspecified atom stereocenters. The van der Waals surface area contributed by atoms with Crippen LogP contribution in [0.4, 0.5) is 5.82 Å². The molecule has 1 aliphatic rings. The van der Waals surface area contributed by atoms with Crippen LogP contribution in [0, 0.1) is 5.92 Å². The summed E-state index contributed by atoms with van der Waals surface area (Å²) in [7, 11) is 0. The van der Waals surface area contributed by atoms with Crippen LogP contribution in [0.3, 0.4) is 0 Å². The molecule has 0 amide bonds. The molecule has 1 aromatic rings. The average molecular weight is 313 g/mol. The Morgan fingerprint density at radius 3 is 3.00 bits per heavy atom. The van der Waals surface area contributed by atoms with Gasteiger partial charge in [0.15, 0.2) is 0 Å². The van der Waals surface area contributed by atoms with Crippen molar-refractivity contribution in [1.29, 1.82) is 0 Å². The van der Waals surface area contributed by atoms with Crippen LogP contribution < -0.4 is 4.90 Å². The molecule has 1 N–H and O–H groups in total. The van der Waals surface area contributed by atoms with Crippen LogP contribution >= 0.6 is 15.9 Å². The summed E-state index contributed by atoms with van der Waals surface area (Å²) < 4.78 is 0.701. The van der Waals surface area contributed by atoms with Gasteiger partial charge in [0.1, 0.15) is 11.4 Å². The fraction of sp³-hybridized carbons (Fsp3) is 0.538. The first-order chi connectivity index (χ1) is 8.58. The van der Waals surface area contributed by atoms with E-state index in [1.54, 1.807) is 12.3 Å². The molecule has 0 spiro atoms. The highest BCUT2D eigenvalue weighted by atomic mass is 79.9. The van der Waals surface area contributed by atoms with E-state index in [9.17, 15) is 9.90 Å². The van der Waals surface area contributed by atoms with Gasteiger partial charge in [-0.15, -0.1) is 0 Å². The monoisotopic (exact) mass is 312 g/mol. The minimum atomic E-state index is -0.920. The minimum Gasteiger partial charge on any atom is -0.478 e. The van der Waals surface area contributed by atoms with Gasteiger partial charge in [-0.3, -0.25) is 0 Å². The van der Waals surface area contributed by atoms with Gasteiger partial charge in [-0.25, -0.2) is 9.78 Å². The third-order valence-corrected chi connectivity index (χ3v) is 3.81. The molecule has 0 aliphatic carbocycles. The lowest BCUT2D eigenvalue weighted by atomic mass is 10.0. The van der Waals surface area contributed by atoms with Crippen LogP contribution in [0.5, 0.6) is 0 Å². The summed E-state index contributed by atoms with van der Waals surface area (Å²) in [5.74, 6) is 0.384. The van der Waals surface area contributed by atoms with Crippen LogP contribution in [0.15, 0.2) is 16.7 Å². The summed E-state index contributed by atoms with van der Waals surface area (Å²) in [5.41, 5.74) is 0.277. The number of hydrogen-bond donors (Lipinski definition) is 1. The number of aromatic carboxylic acids is 1. The Bertz CT molecular complexity index is 451. The topological polar surface area (TPSA) is 53.4 Å². The largest absolute Gasteiger partial charge is 0.478 e. The molecule has 1 saturated heterocycles. The van der Waals surface area contributed by atoms with Gasteiger partial charge in [-0.1, -0.05) is 6.92 Å². The SMILES string of the molecule is CC1CCCN(c2ncc(Br)cc2C(=O)O)CC1. The highest BCUT2D eigenvalue weighted by molar-refractivity contribution is 9.10. The van der Waals surface area contributed by atoms with Crippen LogP contribution in [-0.2, 0) is 0 Å². The number of aromatic nitrogens is 1. The predicted octanol–water partition coefficient (Wildman–Crippen LogP) is 3.17. The third-order valence-electron chi connectivity index (χ3n) is 3.38. The van der Waals surface area contributed by atoms with E-state index in [-0.39, 0.29) is 5.56 Å². The molecule has 2 rings (SSSR count). The highest BCUT2D eigenvalue weighted by Gasteiger charge is 2.20. The number of pyridine rings is 1. The number of halogens is 1. The fourth-order valence-electron chi connectivity index (χ4n) is 2.32. The first-order valence-electron chi connectivity index (χ1n) is 6.21. The van der Waals surface area contributed by atoms with Crippen LogP contribution in [0.25, 0.3) is 0 Å². The van der Waals surface area contributed by atoms with Crippen molar-refractivity contribution in [3.05, 3.63) is 22.3 Å². The van der Waals surface area contributed by atoms with Gasteiger partial charge in [-0.05, 0) is 47.2 Å². The molecule has 0 saturated carbocycles.